The van der Waals surface area contributed by atoms with Gasteiger partial charge in [0.2, 0.25) is 0 Å². The molecule has 0 aliphatic heterocycles. The SMILES string of the molecule is Cc1ccc(Cc2ccc(NP)cc2)cc1. The molecule has 0 aliphatic carbocycles. The predicted octanol–water partition coefficient (Wildman–Crippen LogP) is 3.79. The molecule has 0 aromatic heterocycles. The van der Waals surface area contributed by atoms with Crippen LogP contribution in [0.15, 0.2) is 48.5 Å². The Bertz CT molecular complexity index is 445. The van der Waals surface area contributed by atoms with Crippen LogP contribution in [0.4, 0.5) is 5.69 Å². The molecule has 0 fully saturated rings. The number of hydrogen-bond donors (Lipinski definition) is 1. The fourth-order valence-corrected chi connectivity index (χ4v) is 1.85. The molecule has 82 valence electrons. The summed E-state index contributed by atoms with van der Waals surface area (Å²) in [5.74, 6) is 0. The van der Waals surface area contributed by atoms with Crippen molar-refractivity contribution >= 4 is 15.1 Å². The Balaban J connectivity index is 2.11. The highest BCUT2D eigenvalue weighted by molar-refractivity contribution is 7.18. The van der Waals surface area contributed by atoms with Crippen molar-refractivity contribution in [3.05, 3.63) is 65.2 Å². The normalized spacial score (nSPS) is 10.1. The third kappa shape index (κ3) is 2.84. The maximum absolute atomic E-state index is 3.04. The molecule has 0 amide bonds. The van der Waals surface area contributed by atoms with Crippen LogP contribution < -0.4 is 5.09 Å². The molecule has 2 aromatic carbocycles. The summed E-state index contributed by atoms with van der Waals surface area (Å²) in [4.78, 5) is 0. The minimum absolute atomic E-state index is 0.997. The lowest BCUT2D eigenvalue weighted by Gasteiger charge is -2.04. The molecule has 1 unspecified atom stereocenters. The molecule has 0 aliphatic rings. The fourth-order valence-electron chi connectivity index (χ4n) is 1.66. The van der Waals surface area contributed by atoms with E-state index in [1.54, 1.807) is 0 Å². The lowest BCUT2D eigenvalue weighted by molar-refractivity contribution is 1.19. The molecule has 2 heteroatoms. The van der Waals surface area contributed by atoms with Crippen molar-refractivity contribution in [1.29, 1.82) is 0 Å². The summed E-state index contributed by atoms with van der Waals surface area (Å²) < 4.78 is 0. The Morgan fingerprint density at radius 3 is 1.88 bits per heavy atom. The van der Waals surface area contributed by atoms with Crippen LogP contribution in [-0.4, -0.2) is 0 Å². The minimum atomic E-state index is 0.997. The molecule has 0 spiro atoms. The van der Waals surface area contributed by atoms with Crippen molar-refractivity contribution in [3.8, 4) is 0 Å². The first-order valence-electron chi connectivity index (χ1n) is 5.39. The van der Waals surface area contributed by atoms with Gasteiger partial charge in [0, 0.05) is 5.69 Å². The van der Waals surface area contributed by atoms with E-state index in [9.17, 15) is 0 Å². The van der Waals surface area contributed by atoms with Crippen LogP contribution >= 0.6 is 9.39 Å². The third-order valence-electron chi connectivity index (χ3n) is 2.65. The van der Waals surface area contributed by atoms with Crippen molar-refractivity contribution in [2.75, 3.05) is 5.09 Å². The summed E-state index contributed by atoms with van der Waals surface area (Å²) in [6, 6.07) is 17.2. The lowest BCUT2D eigenvalue weighted by Crippen LogP contribution is -1.88. The van der Waals surface area contributed by atoms with Gasteiger partial charge in [0.05, 0.1) is 0 Å². The number of anilines is 1. The van der Waals surface area contributed by atoms with Crippen LogP contribution in [0.25, 0.3) is 0 Å². The summed E-state index contributed by atoms with van der Waals surface area (Å²) in [6.07, 6.45) is 0.997. The first kappa shape index (κ1) is 11.2. The molecule has 1 nitrogen and oxygen atoms in total. The van der Waals surface area contributed by atoms with Gasteiger partial charge in [-0.25, -0.2) is 0 Å². The Labute approximate surface area is 99.2 Å². The molecule has 16 heavy (non-hydrogen) atoms. The first-order chi connectivity index (χ1) is 7.78. The van der Waals surface area contributed by atoms with E-state index < -0.39 is 0 Å². The molecule has 0 bridgehead atoms. The van der Waals surface area contributed by atoms with Gasteiger partial charge < -0.3 is 5.09 Å². The minimum Gasteiger partial charge on any atom is -0.369 e. The van der Waals surface area contributed by atoms with Crippen molar-refractivity contribution in [3.63, 3.8) is 0 Å². The van der Waals surface area contributed by atoms with Crippen LogP contribution in [0.2, 0.25) is 0 Å². The average molecular weight is 229 g/mol. The van der Waals surface area contributed by atoms with Gasteiger partial charge in [-0.2, -0.15) is 0 Å². The monoisotopic (exact) mass is 229 g/mol. The topological polar surface area (TPSA) is 12.0 Å². The second-order valence-electron chi connectivity index (χ2n) is 4.00. The van der Waals surface area contributed by atoms with E-state index in [0.29, 0.717) is 0 Å². The number of aryl methyl sites for hydroxylation is 1. The zero-order valence-corrected chi connectivity index (χ0v) is 10.6. The van der Waals surface area contributed by atoms with Gasteiger partial charge in [-0.3, -0.25) is 0 Å². The van der Waals surface area contributed by atoms with E-state index >= 15 is 0 Å². The Hall–Kier alpha value is -1.33. The lowest BCUT2D eigenvalue weighted by atomic mass is 10.0. The van der Waals surface area contributed by atoms with E-state index in [4.69, 9.17) is 0 Å². The highest BCUT2D eigenvalue weighted by Crippen LogP contribution is 2.14. The number of hydrogen-bond acceptors (Lipinski definition) is 1. The second-order valence-corrected chi connectivity index (χ2v) is 4.29. The molecule has 1 N–H and O–H groups in total. The molecule has 0 heterocycles. The molecule has 2 rings (SSSR count). The molecule has 0 saturated heterocycles. The van der Waals surface area contributed by atoms with Gasteiger partial charge in [0.15, 0.2) is 0 Å². The van der Waals surface area contributed by atoms with E-state index in [-0.39, 0.29) is 0 Å². The van der Waals surface area contributed by atoms with Crippen molar-refractivity contribution in [2.24, 2.45) is 0 Å². The number of nitrogens with one attached hydrogen (secondary N) is 1. The van der Waals surface area contributed by atoms with Crippen LogP contribution in [-0.2, 0) is 6.42 Å². The van der Waals surface area contributed by atoms with Gasteiger partial charge in [0.25, 0.3) is 0 Å². The van der Waals surface area contributed by atoms with E-state index in [0.717, 1.165) is 12.1 Å². The molecular weight excluding hydrogens is 213 g/mol. The van der Waals surface area contributed by atoms with Crippen molar-refractivity contribution in [1.82, 2.24) is 0 Å². The Morgan fingerprint density at radius 1 is 0.875 bits per heavy atom. The third-order valence-corrected chi connectivity index (χ3v) is 2.98. The van der Waals surface area contributed by atoms with Gasteiger partial charge >= 0.3 is 0 Å². The molecule has 0 radical (unpaired) electrons. The van der Waals surface area contributed by atoms with Crippen LogP contribution in [0, 0.1) is 6.92 Å². The standard InChI is InChI=1S/C14H16NP/c1-11-2-4-12(5-3-11)10-13-6-8-14(15-16)9-7-13/h2-9,15H,10,16H2,1H3. The fraction of sp³-hybridized carbons (Fsp3) is 0.143. The average Bonchev–Trinajstić information content (AvgIpc) is 2.33. The van der Waals surface area contributed by atoms with Gasteiger partial charge in [-0.1, -0.05) is 42.0 Å². The highest BCUT2D eigenvalue weighted by Gasteiger charge is 1.96. The molecule has 0 saturated carbocycles. The van der Waals surface area contributed by atoms with E-state index in [2.05, 4.69) is 69.9 Å². The Morgan fingerprint density at radius 2 is 1.38 bits per heavy atom. The van der Waals surface area contributed by atoms with Crippen molar-refractivity contribution < 1.29 is 0 Å². The zero-order valence-electron chi connectivity index (χ0n) is 9.40. The van der Waals surface area contributed by atoms with Crippen LogP contribution in [0.3, 0.4) is 0 Å². The molecule has 1 atom stereocenters. The quantitative estimate of drug-likeness (QED) is 0.789. The second kappa shape index (κ2) is 5.14. The summed E-state index contributed by atoms with van der Waals surface area (Å²) in [6.45, 7) is 2.11. The smallest absolute Gasteiger partial charge is 0.0368 e. The highest BCUT2D eigenvalue weighted by atomic mass is 31.0. The van der Waals surface area contributed by atoms with Crippen LogP contribution in [0.1, 0.15) is 16.7 Å². The number of rotatable bonds is 3. The maximum Gasteiger partial charge on any atom is 0.0368 e. The molecular formula is C14H16NP. The van der Waals surface area contributed by atoms with E-state index in [1.807, 2.05) is 0 Å². The zero-order chi connectivity index (χ0) is 11.4. The first-order valence-corrected chi connectivity index (χ1v) is 5.97. The maximum atomic E-state index is 3.04. The van der Waals surface area contributed by atoms with Crippen LogP contribution in [0.5, 0.6) is 0 Å². The van der Waals surface area contributed by atoms with Gasteiger partial charge in [0.1, 0.15) is 0 Å². The van der Waals surface area contributed by atoms with E-state index in [1.165, 1.54) is 16.7 Å². The van der Waals surface area contributed by atoms with Gasteiger partial charge in [-0.15, -0.1) is 0 Å². The summed E-state index contributed by atoms with van der Waals surface area (Å²) in [7, 11) is 2.50. The summed E-state index contributed by atoms with van der Waals surface area (Å²) in [5, 5.41) is 3.04. The van der Waals surface area contributed by atoms with Crippen molar-refractivity contribution in [2.45, 2.75) is 13.3 Å². The summed E-state index contributed by atoms with van der Waals surface area (Å²) >= 11 is 0. The van der Waals surface area contributed by atoms with Gasteiger partial charge in [-0.05, 0) is 46.0 Å². The molecule has 2 aromatic rings. The largest absolute Gasteiger partial charge is 0.369 e. The summed E-state index contributed by atoms with van der Waals surface area (Å²) in [5.41, 5.74) is 5.13. The predicted molar refractivity (Wildman–Crippen MR) is 73.8 cm³/mol. The Kier molecular flexibility index (Phi) is 3.58. The number of benzene rings is 2.